The SMILES string of the molecule is CN(C(=O)C(=O)NCCN)C1CCC1. The van der Waals surface area contributed by atoms with Gasteiger partial charge in [0.2, 0.25) is 0 Å². The zero-order valence-corrected chi connectivity index (χ0v) is 8.45. The fraction of sp³-hybridized carbons (Fsp3) is 0.778. The van der Waals surface area contributed by atoms with Crippen molar-refractivity contribution in [1.82, 2.24) is 10.2 Å². The summed E-state index contributed by atoms with van der Waals surface area (Å²) in [6, 6.07) is 0.256. The largest absolute Gasteiger partial charge is 0.347 e. The lowest BCUT2D eigenvalue weighted by Crippen LogP contribution is -2.48. The summed E-state index contributed by atoms with van der Waals surface area (Å²) in [5, 5.41) is 2.46. The molecule has 80 valence electrons. The number of likely N-dealkylation sites (N-methyl/N-ethyl adjacent to an activating group) is 1. The standard InChI is InChI=1S/C9H17N3O2/c1-12(7-3-2-4-7)9(14)8(13)11-6-5-10/h7H,2-6,10H2,1H3,(H,11,13). The van der Waals surface area contributed by atoms with Crippen molar-refractivity contribution in [1.29, 1.82) is 0 Å². The van der Waals surface area contributed by atoms with E-state index < -0.39 is 11.8 Å². The normalized spacial score (nSPS) is 15.9. The molecule has 5 nitrogen and oxygen atoms in total. The highest BCUT2D eigenvalue weighted by atomic mass is 16.2. The van der Waals surface area contributed by atoms with Gasteiger partial charge in [0.1, 0.15) is 0 Å². The van der Waals surface area contributed by atoms with Gasteiger partial charge >= 0.3 is 11.8 Å². The van der Waals surface area contributed by atoms with Crippen molar-refractivity contribution in [2.75, 3.05) is 20.1 Å². The summed E-state index contributed by atoms with van der Waals surface area (Å²) in [5.41, 5.74) is 5.21. The van der Waals surface area contributed by atoms with Crippen LogP contribution in [0.25, 0.3) is 0 Å². The molecule has 0 heterocycles. The third-order valence-electron chi connectivity index (χ3n) is 2.57. The first-order valence-corrected chi connectivity index (χ1v) is 4.92. The molecule has 0 bridgehead atoms. The van der Waals surface area contributed by atoms with E-state index in [4.69, 9.17) is 5.73 Å². The maximum absolute atomic E-state index is 11.5. The second-order valence-corrected chi connectivity index (χ2v) is 3.55. The molecule has 1 aliphatic rings. The van der Waals surface area contributed by atoms with E-state index in [0.29, 0.717) is 13.1 Å². The minimum atomic E-state index is -0.551. The van der Waals surface area contributed by atoms with Crippen LogP contribution >= 0.6 is 0 Å². The van der Waals surface area contributed by atoms with E-state index in [1.807, 2.05) is 0 Å². The molecule has 0 saturated heterocycles. The topological polar surface area (TPSA) is 75.4 Å². The lowest BCUT2D eigenvalue weighted by molar-refractivity contribution is -0.147. The smallest absolute Gasteiger partial charge is 0.311 e. The van der Waals surface area contributed by atoms with Crippen molar-refractivity contribution in [2.45, 2.75) is 25.3 Å². The van der Waals surface area contributed by atoms with Crippen LogP contribution < -0.4 is 11.1 Å². The number of nitrogens with zero attached hydrogens (tertiary/aromatic N) is 1. The molecule has 1 saturated carbocycles. The van der Waals surface area contributed by atoms with Crippen LogP contribution in [0, 0.1) is 0 Å². The van der Waals surface area contributed by atoms with Gasteiger partial charge in [-0.3, -0.25) is 9.59 Å². The minimum Gasteiger partial charge on any atom is -0.347 e. The summed E-state index contributed by atoms with van der Waals surface area (Å²) in [6.45, 7) is 0.704. The third kappa shape index (κ3) is 2.45. The Morgan fingerprint density at radius 2 is 2.14 bits per heavy atom. The van der Waals surface area contributed by atoms with Crippen LogP contribution in [0.5, 0.6) is 0 Å². The maximum Gasteiger partial charge on any atom is 0.311 e. The second kappa shape index (κ2) is 4.95. The number of amides is 2. The van der Waals surface area contributed by atoms with Gasteiger partial charge in [0, 0.05) is 26.2 Å². The molecule has 0 aliphatic heterocycles. The van der Waals surface area contributed by atoms with Crippen LogP contribution in [0.4, 0.5) is 0 Å². The Kier molecular flexibility index (Phi) is 3.88. The Labute approximate surface area is 83.6 Å². The van der Waals surface area contributed by atoms with Gasteiger partial charge in [-0.15, -0.1) is 0 Å². The van der Waals surface area contributed by atoms with Crippen molar-refractivity contribution >= 4 is 11.8 Å². The molecule has 0 unspecified atom stereocenters. The number of hydrogen-bond acceptors (Lipinski definition) is 3. The number of nitrogens with two attached hydrogens (primary N) is 1. The van der Waals surface area contributed by atoms with E-state index in [1.165, 1.54) is 4.90 Å². The van der Waals surface area contributed by atoms with Crippen molar-refractivity contribution in [3.8, 4) is 0 Å². The highest BCUT2D eigenvalue weighted by Gasteiger charge is 2.28. The fourth-order valence-electron chi connectivity index (χ4n) is 1.36. The molecule has 0 radical (unpaired) electrons. The lowest BCUT2D eigenvalue weighted by atomic mass is 9.92. The van der Waals surface area contributed by atoms with Gasteiger partial charge in [0.15, 0.2) is 0 Å². The molecule has 2 amide bonds. The average Bonchev–Trinajstić information content (AvgIpc) is 2.10. The van der Waals surface area contributed by atoms with E-state index in [-0.39, 0.29) is 6.04 Å². The van der Waals surface area contributed by atoms with Crippen LogP contribution in [-0.4, -0.2) is 42.9 Å². The number of rotatable bonds is 3. The van der Waals surface area contributed by atoms with E-state index in [9.17, 15) is 9.59 Å². The van der Waals surface area contributed by atoms with Gasteiger partial charge in [-0.1, -0.05) is 0 Å². The van der Waals surface area contributed by atoms with Crippen molar-refractivity contribution < 1.29 is 9.59 Å². The van der Waals surface area contributed by atoms with Crippen LogP contribution in [0.3, 0.4) is 0 Å². The van der Waals surface area contributed by atoms with Gasteiger partial charge in [0.25, 0.3) is 0 Å². The molecule has 1 rings (SSSR count). The van der Waals surface area contributed by atoms with E-state index in [2.05, 4.69) is 5.32 Å². The molecule has 0 aromatic carbocycles. The summed E-state index contributed by atoms with van der Waals surface area (Å²) in [5.74, 6) is -1.01. The molecule has 14 heavy (non-hydrogen) atoms. The predicted octanol–water partition coefficient (Wildman–Crippen LogP) is -0.928. The fourth-order valence-corrected chi connectivity index (χ4v) is 1.36. The van der Waals surface area contributed by atoms with Crippen molar-refractivity contribution in [3.63, 3.8) is 0 Å². The van der Waals surface area contributed by atoms with Crippen LogP contribution in [-0.2, 0) is 9.59 Å². The Morgan fingerprint density at radius 1 is 1.50 bits per heavy atom. The number of carbonyl (C=O) groups excluding carboxylic acids is 2. The first-order valence-electron chi connectivity index (χ1n) is 4.92. The average molecular weight is 199 g/mol. The number of nitrogens with one attached hydrogen (secondary N) is 1. The highest BCUT2D eigenvalue weighted by molar-refractivity contribution is 6.35. The maximum atomic E-state index is 11.5. The predicted molar refractivity (Wildman–Crippen MR) is 52.5 cm³/mol. The third-order valence-corrected chi connectivity index (χ3v) is 2.57. The molecular weight excluding hydrogens is 182 g/mol. The van der Waals surface area contributed by atoms with Gasteiger partial charge in [-0.2, -0.15) is 0 Å². The summed E-state index contributed by atoms with van der Waals surface area (Å²) in [7, 11) is 1.67. The molecule has 0 atom stereocenters. The molecule has 0 spiro atoms. The van der Waals surface area contributed by atoms with E-state index >= 15 is 0 Å². The summed E-state index contributed by atoms with van der Waals surface area (Å²) >= 11 is 0. The van der Waals surface area contributed by atoms with Crippen LogP contribution in [0.15, 0.2) is 0 Å². The van der Waals surface area contributed by atoms with Gasteiger partial charge in [-0.05, 0) is 19.3 Å². The van der Waals surface area contributed by atoms with Crippen molar-refractivity contribution in [2.24, 2.45) is 5.73 Å². The molecule has 5 heteroatoms. The molecule has 0 aromatic heterocycles. The Balaban J connectivity index is 2.34. The summed E-state index contributed by atoms with van der Waals surface area (Å²) in [4.78, 5) is 24.2. The van der Waals surface area contributed by atoms with E-state index in [0.717, 1.165) is 19.3 Å². The Hall–Kier alpha value is -1.10. The highest BCUT2D eigenvalue weighted by Crippen LogP contribution is 2.23. The second-order valence-electron chi connectivity index (χ2n) is 3.55. The quantitative estimate of drug-likeness (QED) is 0.577. The Morgan fingerprint density at radius 3 is 2.57 bits per heavy atom. The van der Waals surface area contributed by atoms with Gasteiger partial charge < -0.3 is 16.0 Å². The van der Waals surface area contributed by atoms with Crippen LogP contribution in [0.2, 0.25) is 0 Å². The summed E-state index contributed by atoms with van der Waals surface area (Å²) < 4.78 is 0. The van der Waals surface area contributed by atoms with Crippen molar-refractivity contribution in [3.05, 3.63) is 0 Å². The molecule has 1 fully saturated rings. The van der Waals surface area contributed by atoms with Crippen LogP contribution in [0.1, 0.15) is 19.3 Å². The Bertz CT molecular complexity index is 226. The molecule has 0 aromatic rings. The monoisotopic (exact) mass is 199 g/mol. The molecule has 1 aliphatic carbocycles. The van der Waals surface area contributed by atoms with Gasteiger partial charge in [-0.25, -0.2) is 0 Å². The molecular formula is C9H17N3O2. The lowest BCUT2D eigenvalue weighted by Gasteiger charge is -2.34. The number of carbonyl (C=O) groups is 2. The summed E-state index contributed by atoms with van der Waals surface area (Å²) in [6.07, 6.45) is 3.16. The zero-order chi connectivity index (χ0) is 10.6. The van der Waals surface area contributed by atoms with Gasteiger partial charge in [0.05, 0.1) is 0 Å². The molecule has 3 N–H and O–H groups in total. The number of hydrogen-bond donors (Lipinski definition) is 2. The van der Waals surface area contributed by atoms with E-state index in [1.54, 1.807) is 7.05 Å². The zero-order valence-electron chi connectivity index (χ0n) is 8.45. The minimum absolute atomic E-state index is 0.256. The first-order chi connectivity index (χ1) is 6.66. The first kappa shape index (κ1) is 11.0.